The molecule has 1 aromatic heterocycles. The zero-order valence-corrected chi connectivity index (χ0v) is 19.8. The Labute approximate surface area is 194 Å². The van der Waals surface area contributed by atoms with Crippen molar-refractivity contribution in [2.24, 2.45) is 0 Å². The number of nitrogens with one attached hydrogen (secondary N) is 1. The molecular weight excluding hydrogens is 500 g/mol. The minimum absolute atomic E-state index is 0.0865. The Balaban J connectivity index is 1.81. The van der Waals surface area contributed by atoms with Crippen LogP contribution < -0.4 is 4.72 Å². The molecule has 1 aliphatic heterocycles. The highest BCUT2D eigenvalue weighted by atomic mass is 79.9. The summed E-state index contributed by atoms with van der Waals surface area (Å²) in [5.41, 5.74) is 0.739. The van der Waals surface area contributed by atoms with Gasteiger partial charge in [0.05, 0.1) is 29.7 Å². The number of furan rings is 1. The second-order valence-electron chi connectivity index (χ2n) is 6.80. The Morgan fingerprint density at radius 1 is 1.25 bits per heavy atom. The molecule has 1 aromatic carbocycles. The van der Waals surface area contributed by atoms with Gasteiger partial charge >= 0.3 is 5.97 Å². The predicted octanol–water partition coefficient (Wildman–Crippen LogP) is 3.38. The molecule has 0 radical (unpaired) electrons. The quantitative estimate of drug-likeness (QED) is 0.325. The number of benzene rings is 1. The van der Waals surface area contributed by atoms with Crippen LogP contribution in [0.3, 0.4) is 0 Å². The molecule has 32 heavy (non-hydrogen) atoms. The first-order chi connectivity index (χ1) is 15.2. The second kappa shape index (κ2) is 9.68. The molecule has 0 spiro atoms. The van der Waals surface area contributed by atoms with Crippen LogP contribution in [0.1, 0.15) is 18.4 Å². The molecule has 1 amide bonds. The van der Waals surface area contributed by atoms with Crippen LogP contribution in [0.4, 0.5) is 0 Å². The van der Waals surface area contributed by atoms with E-state index in [0.717, 1.165) is 4.47 Å². The summed E-state index contributed by atoms with van der Waals surface area (Å²) in [5.74, 6) is -0.383. The van der Waals surface area contributed by atoms with E-state index in [0.29, 0.717) is 17.2 Å². The van der Waals surface area contributed by atoms with Gasteiger partial charge in [-0.15, -0.1) is 6.58 Å². The monoisotopic (exact) mass is 520 g/mol. The summed E-state index contributed by atoms with van der Waals surface area (Å²) in [6.45, 7) is 5.44. The summed E-state index contributed by atoms with van der Waals surface area (Å²) in [7, 11) is -2.49. The van der Waals surface area contributed by atoms with E-state index in [1.807, 2.05) is 0 Å². The molecule has 0 unspecified atom stereocenters. The maximum Gasteiger partial charge on any atom is 0.340 e. The van der Waals surface area contributed by atoms with Crippen LogP contribution in [-0.2, 0) is 30.9 Å². The van der Waals surface area contributed by atoms with Gasteiger partial charge in [-0.3, -0.25) is 4.79 Å². The average molecular weight is 521 g/mol. The molecular formula is C22H21BrN2O6S. The molecule has 1 aliphatic rings. The number of hydrogen-bond acceptors (Lipinski definition) is 6. The van der Waals surface area contributed by atoms with E-state index in [4.69, 9.17) is 9.15 Å². The molecule has 0 fully saturated rings. The predicted molar refractivity (Wildman–Crippen MR) is 121 cm³/mol. The molecule has 0 atom stereocenters. The second-order valence-corrected chi connectivity index (χ2v) is 9.48. The average Bonchev–Trinajstić information content (AvgIpc) is 3.31. The summed E-state index contributed by atoms with van der Waals surface area (Å²) in [5, 5.41) is 0. The van der Waals surface area contributed by atoms with Gasteiger partial charge < -0.3 is 14.1 Å². The number of esters is 1. The summed E-state index contributed by atoms with van der Waals surface area (Å²) in [4.78, 5) is 26.6. The van der Waals surface area contributed by atoms with Crippen LogP contribution in [-0.4, -0.2) is 38.8 Å². The maximum absolute atomic E-state index is 12.8. The van der Waals surface area contributed by atoms with Gasteiger partial charge in [-0.2, -0.15) is 0 Å². The number of rotatable bonds is 8. The van der Waals surface area contributed by atoms with Gasteiger partial charge in [-0.05, 0) is 49.4 Å². The molecule has 3 rings (SSSR count). The third-order valence-electron chi connectivity index (χ3n) is 4.74. The molecule has 2 aromatic rings. The van der Waals surface area contributed by atoms with E-state index in [9.17, 15) is 18.0 Å². The van der Waals surface area contributed by atoms with Crippen molar-refractivity contribution in [1.82, 2.24) is 9.62 Å². The van der Waals surface area contributed by atoms with Crippen molar-refractivity contribution in [3.8, 4) is 0 Å². The fourth-order valence-corrected chi connectivity index (χ4v) is 4.41. The van der Waals surface area contributed by atoms with Gasteiger partial charge in [0, 0.05) is 16.7 Å². The van der Waals surface area contributed by atoms with E-state index in [1.54, 1.807) is 37.3 Å². The largest absolute Gasteiger partial charge is 0.465 e. The maximum atomic E-state index is 12.8. The van der Waals surface area contributed by atoms with E-state index in [2.05, 4.69) is 27.2 Å². The SMILES string of the molecule is C=CCN1C(=O)/C(=C/c2ccc(CNS(=O)(=O)c3ccc(Br)cc3)o2)C(C(=O)OC)=C1C. The third kappa shape index (κ3) is 4.93. The molecule has 0 bridgehead atoms. The third-order valence-corrected chi connectivity index (χ3v) is 6.69. The first-order valence-electron chi connectivity index (χ1n) is 9.46. The number of sulfonamides is 1. The Hall–Kier alpha value is -2.95. The summed E-state index contributed by atoms with van der Waals surface area (Å²) in [6.07, 6.45) is 3.00. The van der Waals surface area contributed by atoms with Gasteiger partial charge in [-0.25, -0.2) is 17.9 Å². The molecule has 168 valence electrons. The van der Waals surface area contributed by atoms with Crippen LogP contribution in [0.25, 0.3) is 6.08 Å². The summed E-state index contributed by atoms with van der Waals surface area (Å²) >= 11 is 3.26. The number of halogens is 1. The number of allylic oxidation sites excluding steroid dienone is 1. The molecule has 8 nitrogen and oxygen atoms in total. The van der Waals surface area contributed by atoms with Crippen molar-refractivity contribution in [3.63, 3.8) is 0 Å². The fraction of sp³-hybridized carbons (Fsp3) is 0.182. The van der Waals surface area contributed by atoms with Gasteiger partial charge in [0.15, 0.2) is 0 Å². The minimum atomic E-state index is -3.73. The lowest BCUT2D eigenvalue weighted by Crippen LogP contribution is -2.24. The molecule has 0 saturated carbocycles. The fourth-order valence-electron chi connectivity index (χ4n) is 3.15. The van der Waals surface area contributed by atoms with Crippen molar-refractivity contribution in [3.05, 3.63) is 81.9 Å². The number of carbonyl (C=O) groups excluding carboxylic acids is 2. The van der Waals surface area contributed by atoms with Crippen LogP contribution in [0.2, 0.25) is 0 Å². The van der Waals surface area contributed by atoms with Gasteiger partial charge in [0.2, 0.25) is 10.0 Å². The number of methoxy groups -OCH3 is 1. The summed E-state index contributed by atoms with van der Waals surface area (Å²) < 4.78 is 38.6. The normalized spacial score (nSPS) is 15.5. The van der Waals surface area contributed by atoms with Gasteiger partial charge in [-0.1, -0.05) is 22.0 Å². The summed E-state index contributed by atoms with van der Waals surface area (Å²) in [6, 6.07) is 9.40. The standard InChI is InChI=1S/C22H21BrN2O6S/c1-4-11-25-14(2)20(22(27)30-3)19(21(25)26)12-16-7-8-17(31-16)13-24-32(28,29)18-9-5-15(23)6-10-18/h4-10,12,24H,1,11,13H2,2-3H3/b19-12+. The van der Waals surface area contributed by atoms with Crippen molar-refractivity contribution in [2.75, 3.05) is 13.7 Å². The van der Waals surface area contributed by atoms with Crippen molar-refractivity contribution < 1.29 is 27.2 Å². The van der Waals surface area contributed by atoms with Crippen molar-refractivity contribution in [2.45, 2.75) is 18.4 Å². The Kier molecular flexibility index (Phi) is 7.17. The minimum Gasteiger partial charge on any atom is -0.465 e. The number of nitrogens with zero attached hydrogens (tertiary/aromatic N) is 1. The molecule has 0 aliphatic carbocycles. The first kappa shape index (κ1) is 23.7. The lowest BCUT2D eigenvalue weighted by molar-refractivity contribution is -0.136. The highest BCUT2D eigenvalue weighted by Gasteiger charge is 2.36. The molecule has 10 heteroatoms. The Morgan fingerprint density at radius 2 is 1.94 bits per heavy atom. The Morgan fingerprint density at radius 3 is 2.56 bits per heavy atom. The smallest absolute Gasteiger partial charge is 0.340 e. The van der Waals surface area contributed by atoms with Gasteiger partial charge in [0.25, 0.3) is 5.91 Å². The highest BCUT2D eigenvalue weighted by molar-refractivity contribution is 9.10. The zero-order chi connectivity index (χ0) is 23.5. The van der Waals surface area contributed by atoms with Crippen molar-refractivity contribution >= 4 is 43.9 Å². The Bertz CT molecular complexity index is 1230. The number of carbonyl (C=O) groups is 2. The zero-order valence-electron chi connectivity index (χ0n) is 17.4. The van der Waals surface area contributed by atoms with Crippen LogP contribution in [0.15, 0.2) is 79.7 Å². The molecule has 2 heterocycles. The molecule has 0 saturated heterocycles. The first-order valence-corrected chi connectivity index (χ1v) is 11.7. The van der Waals surface area contributed by atoms with E-state index in [-0.39, 0.29) is 35.0 Å². The lowest BCUT2D eigenvalue weighted by atomic mass is 10.1. The number of hydrogen-bond donors (Lipinski definition) is 1. The molecule has 1 N–H and O–H groups in total. The van der Waals surface area contributed by atoms with Crippen molar-refractivity contribution in [1.29, 1.82) is 0 Å². The van der Waals surface area contributed by atoms with Crippen LogP contribution in [0.5, 0.6) is 0 Å². The number of amides is 1. The lowest BCUT2D eigenvalue weighted by Gasteiger charge is -2.14. The topological polar surface area (TPSA) is 106 Å². The van der Waals surface area contributed by atoms with Gasteiger partial charge in [0.1, 0.15) is 11.5 Å². The van der Waals surface area contributed by atoms with E-state index >= 15 is 0 Å². The van der Waals surface area contributed by atoms with Crippen LogP contribution >= 0.6 is 15.9 Å². The highest BCUT2D eigenvalue weighted by Crippen LogP contribution is 2.31. The van der Waals surface area contributed by atoms with Crippen LogP contribution in [0, 0.1) is 0 Å². The van der Waals surface area contributed by atoms with E-state index < -0.39 is 16.0 Å². The van der Waals surface area contributed by atoms with E-state index in [1.165, 1.54) is 30.2 Å². The number of ether oxygens (including phenoxy) is 1.